The first-order chi connectivity index (χ1) is 18.3. The van der Waals surface area contributed by atoms with E-state index in [9.17, 15) is 14.4 Å². The normalized spacial score (nSPS) is 15.8. The summed E-state index contributed by atoms with van der Waals surface area (Å²) in [7, 11) is 0. The van der Waals surface area contributed by atoms with Crippen LogP contribution in [0.25, 0.3) is 10.8 Å². The topological polar surface area (TPSA) is 83.7 Å². The van der Waals surface area contributed by atoms with E-state index in [-0.39, 0.29) is 30.8 Å². The Kier molecular flexibility index (Phi) is 8.07. The molecule has 39 heavy (non-hydrogen) atoms. The molecule has 6 nitrogen and oxygen atoms in total. The lowest BCUT2D eigenvalue weighted by molar-refractivity contribution is -0.130. The number of anilines is 2. The highest BCUT2D eigenvalue weighted by Gasteiger charge is 2.40. The molecular formula is C32H32ClN3O3. The second kappa shape index (κ2) is 11.3. The third kappa shape index (κ3) is 5.25. The Bertz CT molecular complexity index is 1550. The fraction of sp³-hybridized carbons (Fsp3) is 0.219. The lowest BCUT2D eigenvalue weighted by Gasteiger charge is -2.28. The first-order valence-electron chi connectivity index (χ1n) is 12.8. The summed E-state index contributed by atoms with van der Waals surface area (Å²) in [5, 5.41) is 2.15. The van der Waals surface area contributed by atoms with E-state index in [1.807, 2.05) is 62.4 Å². The van der Waals surface area contributed by atoms with Crippen molar-refractivity contribution >= 4 is 52.3 Å². The maximum absolute atomic E-state index is 14.2. The van der Waals surface area contributed by atoms with Crippen LogP contribution in [0, 0.1) is 25.7 Å². The van der Waals surface area contributed by atoms with Gasteiger partial charge < -0.3 is 15.5 Å². The van der Waals surface area contributed by atoms with E-state index in [1.165, 1.54) is 0 Å². The van der Waals surface area contributed by atoms with Crippen LogP contribution in [-0.2, 0) is 16.1 Å². The molecule has 0 spiro atoms. The minimum atomic E-state index is -0.801. The molecule has 2 N–H and O–H groups in total. The second-order valence-electron chi connectivity index (χ2n) is 10.1. The van der Waals surface area contributed by atoms with Gasteiger partial charge >= 0.3 is 0 Å². The Morgan fingerprint density at radius 3 is 2.23 bits per heavy atom. The van der Waals surface area contributed by atoms with Gasteiger partial charge in [0, 0.05) is 18.0 Å². The molecule has 4 aromatic carbocycles. The Morgan fingerprint density at radius 1 is 0.897 bits per heavy atom. The smallest absolute Gasteiger partial charge is 0.258 e. The maximum atomic E-state index is 14.2. The van der Waals surface area contributed by atoms with Gasteiger partial charge in [0.2, 0.25) is 11.8 Å². The van der Waals surface area contributed by atoms with Crippen LogP contribution in [-0.4, -0.2) is 24.3 Å². The number of primary amides is 1. The van der Waals surface area contributed by atoms with Crippen LogP contribution < -0.4 is 15.5 Å². The van der Waals surface area contributed by atoms with Gasteiger partial charge in [-0.05, 0) is 60.0 Å². The minimum Gasteiger partial charge on any atom is -0.369 e. The van der Waals surface area contributed by atoms with Crippen molar-refractivity contribution in [3.05, 3.63) is 107 Å². The molecule has 1 aliphatic rings. The first-order valence-corrected chi connectivity index (χ1v) is 12.8. The number of nitrogens with two attached hydrogens (primary N) is 1. The molecule has 0 saturated carbocycles. The lowest BCUT2D eigenvalue weighted by atomic mass is 9.91. The Balaban J connectivity index is 0.00000353. The maximum Gasteiger partial charge on any atom is 0.258 e. The molecule has 1 heterocycles. The van der Waals surface area contributed by atoms with Crippen molar-refractivity contribution < 1.29 is 14.4 Å². The van der Waals surface area contributed by atoms with Gasteiger partial charge in [-0.1, -0.05) is 73.2 Å². The fourth-order valence-electron chi connectivity index (χ4n) is 5.20. The summed E-state index contributed by atoms with van der Waals surface area (Å²) in [6.45, 7) is 6.02. The van der Waals surface area contributed by atoms with E-state index < -0.39 is 17.7 Å². The highest BCUT2D eigenvalue weighted by atomic mass is 35.5. The van der Waals surface area contributed by atoms with Gasteiger partial charge in [0.05, 0.1) is 23.8 Å². The highest BCUT2D eigenvalue weighted by Crippen LogP contribution is 2.38. The molecule has 4 aromatic rings. The lowest BCUT2D eigenvalue weighted by Crippen LogP contribution is -2.45. The zero-order valence-electron chi connectivity index (χ0n) is 22.3. The number of nitrogens with zero attached hydrogens (tertiary/aromatic N) is 2. The molecule has 0 aromatic heterocycles. The van der Waals surface area contributed by atoms with Crippen LogP contribution in [0.5, 0.6) is 0 Å². The van der Waals surface area contributed by atoms with E-state index in [1.54, 1.807) is 28.9 Å². The summed E-state index contributed by atoms with van der Waals surface area (Å²) in [5.41, 5.74) is 10.6. The van der Waals surface area contributed by atoms with E-state index in [2.05, 4.69) is 24.3 Å². The monoisotopic (exact) mass is 541 g/mol. The molecule has 200 valence electrons. The Hall–Kier alpha value is -4.16. The third-order valence-electron chi connectivity index (χ3n) is 7.61. The Morgan fingerprint density at radius 2 is 1.54 bits per heavy atom. The van der Waals surface area contributed by atoms with Crippen molar-refractivity contribution in [2.24, 2.45) is 17.6 Å². The number of para-hydroxylation sites is 2. The molecule has 0 fully saturated rings. The molecule has 3 amide bonds. The van der Waals surface area contributed by atoms with Crippen molar-refractivity contribution in [3.63, 3.8) is 0 Å². The van der Waals surface area contributed by atoms with Crippen LogP contribution in [0.2, 0.25) is 0 Å². The van der Waals surface area contributed by atoms with Gasteiger partial charge in [0.1, 0.15) is 0 Å². The fourth-order valence-corrected chi connectivity index (χ4v) is 5.20. The number of fused-ring (bicyclic) bond motifs is 2. The van der Waals surface area contributed by atoms with Crippen molar-refractivity contribution in [1.29, 1.82) is 0 Å². The standard InChI is InChI=1S/C32H31N3O3.ClH/c1-20-12-15-24(16-13-20)31(37)34-19-27(22(3)30(33)36)32(38)35(29-11-7-6-10-28(29)34)18-26-21(2)14-17-23-8-4-5-9-25(23)26;/h4-17,22,27H,18-19H2,1-3H3,(H2,33,36);1H/t22?,27-;/m1./s1. The number of carbonyl (C=O) groups is 3. The molecule has 0 radical (unpaired) electrons. The van der Waals surface area contributed by atoms with Crippen LogP contribution in [0.1, 0.15) is 34.0 Å². The van der Waals surface area contributed by atoms with Gasteiger partial charge in [-0.25, -0.2) is 0 Å². The molecule has 0 saturated heterocycles. The highest BCUT2D eigenvalue weighted by molar-refractivity contribution is 6.12. The molecule has 0 bridgehead atoms. The van der Waals surface area contributed by atoms with E-state index in [0.717, 1.165) is 27.5 Å². The van der Waals surface area contributed by atoms with Crippen molar-refractivity contribution in [1.82, 2.24) is 0 Å². The van der Waals surface area contributed by atoms with Crippen molar-refractivity contribution in [3.8, 4) is 0 Å². The van der Waals surface area contributed by atoms with Gasteiger partial charge in [0.25, 0.3) is 5.91 Å². The van der Waals surface area contributed by atoms with Crippen LogP contribution in [0.15, 0.2) is 84.9 Å². The number of hydrogen-bond donors (Lipinski definition) is 1. The van der Waals surface area contributed by atoms with E-state index >= 15 is 0 Å². The molecule has 2 atom stereocenters. The number of rotatable bonds is 5. The summed E-state index contributed by atoms with van der Waals surface area (Å²) in [6.07, 6.45) is 0. The molecule has 5 rings (SSSR count). The van der Waals surface area contributed by atoms with E-state index in [0.29, 0.717) is 23.5 Å². The Labute approximate surface area is 234 Å². The second-order valence-corrected chi connectivity index (χ2v) is 10.1. The van der Waals surface area contributed by atoms with Crippen molar-refractivity contribution in [2.45, 2.75) is 27.3 Å². The largest absolute Gasteiger partial charge is 0.369 e. The zero-order valence-corrected chi connectivity index (χ0v) is 23.1. The zero-order chi connectivity index (χ0) is 27.0. The molecule has 1 unspecified atom stereocenters. The SMILES string of the molecule is Cc1ccc(C(=O)N2C[C@H](C(C)C(N)=O)C(=O)N(Cc3c(C)ccc4ccccc34)c3ccccc32)cc1.Cl. The number of benzene rings is 4. The number of carbonyl (C=O) groups excluding carboxylic acids is 3. The number of hydrogen-bond acceptors (Lipinski definition) is 3. The average Bonchev–Trinajstić information content (AvgIpc) is 3.04. The molecule has 7 heteroatoms. The van der Waals surface area contributed by atoms with Crippen LogP contribution >= 0.6 is 12.4 Å². The van der Waals surface area contributed by atoms with E-state index in [4.69, 9.17) is 5.73 Å². The van der Waals surface area contributed by atoms with Gasteiger partial charge in [-0.15, -0.1) is 12.4 Å². The molecule has 1 aliphatic heterocycles. The molecule has 0 aliphatic carbocycles. The minimum absolute atomic E-state index is 0. The van der Waals surface area contributed by atoms with Crippen molar-refractivity contribution in [2.75, 3.05) is 16.3 Å². The number of aryl methyl sites for hydroxylation is 2. The number of halogens is 1. The summed E-state index contributed by atoms with van der Waals surface area (Å²) in [5.74, 6) is -2.59. The third-order valence-corrected chi connectivity index (χ3v) is 7.61. The summed E-state index contributed by atoms with van der Waals surface area (Å²) in [6, 6.07) is 27.0. The quantitative estimate of drug-likeness (QED) is 0.346. The summed E-state index contributed by atoms with van der Waals surface area (Å²) in [4.78, 5) is 43.8. The van der Waals surface area contributed by atoms with Gasteiger partial charge in [-0.2, -0.15) is 0 Å². The summed E-state index contributed by atoms with van der Waals surface area (Å²) < 4.78 is 0. The predicted molar refractivity (Wildman–Crippen MR) is 158 cm³/mol. The van der Waals surface area contributed by atoms with Gasteiger partial charge in [-0.3, -0.25) is 14.4 Å². The predicted octanol–water partition coefficient (Wildman–Crippen LogP) is 5.81. The van der Waals surface area contributed by atoms with Crippen LogP contribution in [0.3, 0.4) is 0 Å². The molecular weight excluding hydrogens is 510 g/mol. The van der Waals surface area contributed by atoms with Crippen LogP contribution in [0.4, 0.5) is 11.4 Å². The average molecular weight is 542 g/mol. The first kappa shape index (κ1) is 27.9. The van der Waals surface area contributed by atoms with Gasteiger partial charge in [0.15, 0.2) is 0 Å². The number of amides is 3. The summed E-state index contributed by atoms with van der Waals surface area (Å²) >= 11 is 0.